The molecule has 0 aliphatic heterocycles. The molecule has 0 bridgehead atoms. The van der Waals surface area contributed by atoms with Crippen molar-refractivity contribution < 1.29 is 18.6 Å². The highest BCUT2D eigenvalue weighted by atomic mass is 79.9. The Hall–Kier alpha value is -1.69. The van der Waals surface area contributed by atoms with Crippen molar-refractivity contribution in [2.45, 2.75) is 6.92 Å². The minimum atomic E-state index is -0.470. The third-order valence-electron chi connectivity index (χ3n) is 2.85. The predicted octanol–water partition coefficient (Wildman–Crippen LogP) is 2.89. The van der Waals surface area contributed by atoms with E-state index in [0.29, 0.717) is 38.3 Å². The Kier molecular flexibility index (Phi) is 3.71. The topological polar surface area (TPSA) is 57.9 Å². The van der Waals surface area contributed by atoms with Gasteiger partial charge in [-0.3, -0.25) is 0 Å². The molecule has 2 aromatic rings. The molecule has 102 valence electrons. The lowest BCUT2D eigenvalue weighted by atomic mass is 10.1. The molecule has 0 radical (unpaired) electrons. The lowest BCUT2D eigenvalue weighted by molar-refractivity contribution is 0.350. The van der Waals surface area contributed by atoms with Crippen LogP contribution in [0.4, 0.5) is 0 Å². The molecule has 0 unspecified atom stereocenters. The molecule has 1 aromatic carbocycles. The highest BCUT2D eigenvalue weighted by Crippen LogP contribution is 2.43. The van der Waals surface area contributed by atoms with Gasteiger partial charge in [-0.2, -0.15) is 0 Å². The highest BCUT2D eigenvalue weighted by molar-refractivity contribution is 9.10. The molecule has 0 fully saturated rings. The number of rotatable bonds is 3. The molecule has 0 aliphatic carbocycles. The Morgan fingerprint density at radius 1 is 1.11 bits per heavy atom. The first kappa shape index (κ1) is 13.7. The molecule has 0 atom stereocenters. The molecule has 1 heterocycles. The smallest absolute Gasteiger partial charge is 0.343 e. The summed E-state index contributed by atoms with van der Waals surface area (Å²) >= 11 is 3.42. The average Bonchev–Trinajstić information content (AvgIpc) is 2.40. The average molecular weight is 329 g/mol. The van der Waals surface area contributed by atoms with E-state index in [1.165, 1.54) is 21.3 Å². The molecular weight excluding hydrogens is 316 g/mol. The van der Waals surface area contributed by atoms with Crippen molar-refractivity contribution in [3.05, 3.63) is 26.5 Å². The van der Waals surface area contributed by atoms with Crippen molar-refractivity contribution >= 4 is 26.9 Å². The molecule has 19 heavy (non-hydrogen) atoms. The second-order valence-electron chi connectivity index (χ2n) is 3.85. The standard InChI is InChI=1S/C13H13BrO5/c1-6-10(17-3)9-7(14)5-8(16-2)11(18-4)12(9)19-13(6)15/h5H,1-4H3. The van der Waals surface area contributed by atoms with E-state index < -0.39 is 5.63 Å². The van der Waals surface area contributed by atoms with Crippen LogP contribution in [0.1, 0.15) is 5.56 Å². The van der Waals surface area contributed by atoms with E-state index in [1.54, 1.807) is 13.0 Å². The zero-order valence-corrected chi connectivity index (χ0v) is 12.6. The molecule has 0 saturated heterocycles. The summed E-state index contributed by atoms with van der Waals surface area (Å²) in [5, 5.41) is 0.636. The van der Waals surface area contributed by atoms with Gasteiger partial charge in [0.1, 0.15) is 5.75 Å². The van der Waals surface area contributed by atoms with Gasteiger partial charge in [0, 0.05) is 4.47 Å². The molecule has 0 N–H and O–H groups in total. The number of benzene rings is 1. The fraction of sp³-hybridized carbons (Fsp3) is 0.308. The van der Waals surface area contributed by atoms with Crippen LogP contribution in [0.15, 0.2) is 19.8 Å². The molecule has 5 nitrogen and oxygen atoms in total. The Labute approximate surface area is 118 Å². The van der Waals surface area contributed by atoms with Crippen LogP contribution in [-0.2, 0) is 0 Å². The SMILES string of the molecule is COc1cc(Br)c2c(OC)c(C)c(=O)oc2c1OC. The molecule has 1 aromatic heterocycles. The normalized spacial score (nSPS) is 10.6. The number of hydrogen-bond acceptors (Lipinski definition) is 5. The zero-order chi connectivity index (χ0) is 14.2. The Bertz CT molecular complexity index is 690. The van der Waals surface area contributed by atoms with Gasteiger partial charge in [0.15, 0.2) is 11.3 Å². The Morgan fingerprint density at radius 3 is 2.26 bits per heavy atom. The van der Waals surface area contributed by atoms with Crippen LogP contribution in [0.2, 0.25) is 0 Å². The number of fused-ring (bicyclic) bond motifs is 1. The number of halogens is 1. The van der Waals surface area contributed by atoms with Crippen molar-refractivity contribution in [2.75, 3.05) is 21.3 Å². The van der Waals surface area contributed by atoms with E-state index >= 15 is 0 Å². The minimum absolute atomic E-state index is 0.293. The van der Waals surface area contributed by atoms with Crippen LogP contribution in [0.5, 0.6) is 17.2 Å². The van der Waals surface area contributed by atoms with Crippen LogP contribution >= 0.6 is 15.9 Å². The summed E-state index contributed by atoms with van der Waals surface area (Å²) in [6.07, 6.45) is 0. The molecule has 6 heteroatoms. The van der Waals surface area contributed by atoms with E-state index in [1.807, 2.05) is 0 Å². The minimum Gasteiger partial charge on any atom is -0.495 e. The molecule has 0 spiro atoms. The summed E-state index contributed by atoms with van der Waals surface area (Å²) in [4.78, 5) is 11.8. The van der Waals surface area contributed by atoms with Crippen molar-refractivity contribution in [3.63, 3.8) is 0 Å². The van der Waals surface area contributed by atoms with Crippen molar-refractivity contribution in [1.29, 1.82) is 0 Å². The largest absolute Gasteiger partial charge is 0.495 e. The van der Waals surface area contributed by atoms with E-state index in [2.05, 4.69) is 15.9 Å². The fourth-order valence-corrected chi connectivity index (χ4v) is 2.51. The first-order valence-corrected chi connectivity index (χ1v) is 6.26. The Morgan fingerprint density at radius 2 is 1.74 bits per heavy atom. The van der Waals surface area contributed by atoms with Crippen LogP contribution < -0.4 is 19.8 Å². The van der Waals surface area contributed by atoms with Crippen molar-refractivity contribution in [3.8, 4) is 17.2 Å². The summed E-state index contributed by atoms with van der Waals surface area (Å²) in [5.74, 6) is 1.28. The molecule has 0 saturated carbocycles. The van der Waals surface area contributed by atoms with Crippen LogP contribution in [0.25, 0.3) is 11.0 Å². The van der Waals surface area contributed by atoms with Gasteiger partial charge in [-0.1, -0.05) is 0 Å². The maximum Gasteiger partial charge on any atom is 0.343 e. The second kappa shape index (κ2) is 5.13. The van der Waals surface area contributed by atoms with E-state index in [0.717, 1.165) is 0 Å². The lowest BCUT2D eigenvalue weighted by Gasteiger charge is -2.14. The molecule has 0 amide bonds. The van der Waals surface area contributed by atoms with Crippen molar-refractivity contribution in [1.82, 2.24) is 0 Å². The second-order valence-corrected chi connectivity index (χ2v) is 4.70. The molecule has 0 aliphatic rings. The highest BCUT2D eigenvalue weighted by Gasteiger charge is 2.21. The maximum atomic E-state index is 11.8. The van der Waals surface area contributed by atoms with Gasteiger partial charge < -0.3 is 18.6 Å². The summed E-state index contributed by atoms with van der Waals surface area (Å²) in [5.41, 5.74) is 0.229. The summed E-state index contributed by atoms with van der Waals surface area (Å²) in [6.45, 7) is 1.65. The van der Waals surface area contributed by atoms with Crippen LogP contribution in [-0.4, -0.2) is 21.3 Å². The molecular formula is C13H13BrO5. The van der Waals surface area contributed by atoms with Crippen LogP contribution in [0.3, 0.4) is 0 Å². The van der Waals surface area contributed by atoms with Gasteiger partial charge in [0.2, 0.25) is 5.75 Å². The monoisotopic (exact) mass is 328 g/mol. The fourth-order valence-electron chi connectivity index (χ4n) is 1.95. The number of hydrogen-bond donors (Lipinski definition) is 0. The van der Waals surface area contributed by atoms with Gasteiger partial charge >= 0.3 is 5.63 Å². The summed E-state index contributed by atoms with van der Waals surface area (Å²) in [6, 6.07) is 1.74. The molecule has 2 rings (SSSR count). The van der Waals surface area contributed by atoms with Gasteiger partial charge in [0.25, 0.3) is 0 Å². The lowest BCUT2D eigenvalue weighted by Crippen LogP contribution is -2.07. The van der Waals surface area contributed by atoms with Gasteiger partial charge in [-0.05, 0) is 28.9 Å². The number of ether oxygens (including phenoxy) is 3. The van der Waals surface area contributed by atoms with E-state index in [4.69, 9.17) is 18.6 Å². The van der Waals surface area contributed by atoms with Gasteiger partial charge in [0.05, 0.1) is 32.3 Å². The first-order valence-electron chi connectivity index (χ1n) is 5.47. The summed E-state index contributed by atoms with van der Waals surface area (Å²) < 4.78 is 21.8. The third-order valence-corrected chi connectivity index (χ3v) is 3.48. The van der Waals surface area contributed by atoms with E-state index in [-0.39, 0.29) is 0 Å². The van der Waals surface area contributed by atoms with Crippen molar-refractivity contribution in [2.24, 2.45) is 0 Å². The predicted molar refractivity (Wildman–Crippen MR) is 74.6 cm³/mol. The van der Waals surface area contributed by atoms with Crippen LogP contribution in [0, 0.1) is 6.92 Å². The van der Waals surface area contributed by atoms with E-state index in [9.17, 15) is 4.79 Å². The summed E-state index contributed by atoms with van der Waals surface area (Å²) in [7, 11) is 4.50. The first-order chi connectivity index (χ1) is 9.04. The van der Waals surface area contributed by atoms with Gasteiger partial charge in [-0.25, -0.2) is 4.79 Å². The maximum absolute atomic E-state index is 11.8. The Balaban J connectivity index is 3.05. The van der Waals surface area contributed by atoms with Gasteiger partial charge in [-0.15, -0.1) is 0 Å². The number of methoxy groups -OCH3 is 3. The zero-order valence-electron chi connectivity index (χ0n) is 11.0. The third kappa shape index (κ3) is 2.06. The quantitative estimate of drug-likeness (QED) is 0.811.